The number of ether oxygens (including phenoxy) is 1. The summed E-state index contributed by atoms with van der Waals surface area (Å²) in [5.41, 5.74) is 0. The van der Waals surface area contributed by atoms with Crippen molar-refractivity contribution in [2.24, 2.45) is 0 Å². The standard InChI is InChI=1S/C16H24N2O2S/c1-4-12-16(19)18(11(3)13-6-5-9-20-13)15(17-12)14-8-7-10(2)21-14/h7-8,11-13,15,17H,4-6,9H2,1-3H3. The van der Waals surface area contributed by atoms with E-state index in [1.54, 1.807) is 11.3 Å². The van der Waals surface area contributed by atoms with Crippen molar-refractivity contribution in [3.05, 3.63) is 21.9 Å². The highest BCUT2D eigenvalue weighted by atomic mass is 32.1. The van der Waals surface area contributed by atoms with Crippen LogP contribution in [0.5, 0.6) is 0 Å². The monoisotopic (exact) mass is 308 g/mol. The van der Waals surface area contributed by atoms with Gasteiger partial charge in [-0.1, -0.05) is 6.92 Å². The van der Waals surface area contributed by atoms with Gasteiger partial charge in [0.15, 0.2) is 0 Å². The van der Waals surface area contributed by atoms with Crippen molar-refractivity contribution in [3.8, 4) is 0 Å². The Kier molecular flexibility index (Phi) is 4.33. The van der Waals surface area contributed by atoms with E-state index >= 15 is 0 Å². The number of nitrogens with one attached hydrogen (secondary N) is 1. The predicted molar refractivity (Wildman–Crippen MR) is 84.3 cm³/mol. The van der Waals surface area contributed by atoms with Crippen molar-refractivity contribution < 1.29 is 9.53 Å². The van der Waals surface area contributed by atoms with E-state index in [9.17, 15) is 4.79 Å². The molecule has 0 radical (unpaired) electrons. The van der Waals surface area contributed by atoms with Gasteiger partial charge >= 0.3 is 0 Å². The molecule has 116 valence electrons. The van der Waals surface area contributed by atoms with Gasteiger partial charge in [0.25, 0.3) is 0 Å². The minimum atomic E-state index is -0.0683. The van der Waals surface area contributed by atoms with Crippen LogP contribution in [0, 0.1) is 6.92 Å². The van der Waals surface area contributed by atoms with E-state index in [4.69, 9.17) is 4.74 Å². The van der Waals surface area contributed by atoms with Gasteiger partial charge in [-0.05, 0) is 45.2 Å². The summed E-state index contributed by atoms with van der Waals surface area (Å²) in [7, 11) is 0. The van der Waals surface area contributed by atoms with E-state index in [-0.39, 0.29) is 30.3 Å². The van der Waals surface area contributed by atoms with Gasteiger partial charge in [0.1, 0.15) is 6.17 Å². The Balaban J connectivity index is 1.87. The lowest BCUT2D eigenvalue weighted by Crippen LogP contribution is -2.44. The normalized spacial score (nSPS) is 31.1. The zero-order chi connectivity index (χ0) is 15.0. The van der Waals surface area contributed by atoms with Crippen LogP contribution in [-0.2, 0) is 9.53 Å². The maximum Gasteiger partial charge on any atom is 0.241 e. The summed E-state index contributed by atoms with van der Waals surface area (Å²) in [6.07, 6.45) is 3.16. The van der Waals surface area contributed by atoms with Crippen LogP contribution in [0.2, 0.25) is 0 Å². The third kappa shape index (κ3) is 2.74. The third-order valence-corrected chi connectivity index (χ3v) is 5.62. The van der Waals surface area contributed by atoms with E-state index in [1.807, 2.05) is 4.90 Å². The molecule has 1 N–H and O–H groups in total. The summed E-state index contributed by atoms with van der Waals surface area (Å²) < 4.78 is 5.82. The van der Waals surface area contributed by atoms with Crippen LogP contribution in [0.3, 0.4) is 0 Å². The van der Waals surface area contributed by atoms with E-state index in [0.717, 1.165) is 25.9 Å². The van der Waals surface area contributed by atoms with Gasteiger partial charge < -0.3 is 9.64 Å². The smallest absolute Gasteiger partial charge is 0.241 e. The molecule has 1 aromatic heterocycles. The Hall–Kier alpha value is -0.910. The molecule has 0 spiro atoms. The molecular weight excluding hydrogens is 284 g/mol. The molecule has 2 fully saturated rings. The lowest BCUT2D eigenvalue weighted by molar-refractivity contribution is -0.134. The highest BCUT2D eigenvalue weighted by Gasteiger charge is 2.44. The fourth-order valence-corrected chi connectivity index (χ4v) is 4.30. The van der Waals surface area contributed by atoms with E-state index in [2.05, 4.69) is 38.2 Å². The zero-order valence-electron chi connectivity index (χ0n) is 13.0. The molecule has 0 aromatic carbocycles. The first-order valence-corrected chi connectivity index (χ1v) is 8.69. The lowest BCUT2D eigenvalue weighted by Gasteiger charge is -2.33. The SMILES string of the molecule is CCC1NC(c2ccc(C)s2)N(C(C)C2CCCO2)C1=O. The molecule has 3 heterocycles. The summed E-state index contributed by atoms with van der Waals surface area (Å²) in [4.78, 5) is 17.3. The van der Waals surface area contributed by atoms with Crippen molar-refractivity contribution >= 4 is 17.2 Å². The number of carbonyl (C=O) groups excluding carboxylic acids is 1. The van der Waals surface area contributed by atoms with Crippen molar-refractivity contribution in [1.82, 2.24) is 10.2 Å². The number of thiophene rings is 1. The van der Waals surface area contributed by atoms with Gasteiger partial charge in [-0.25, -0.2) is 0 Å². The van der Waals surface area contributed by atoms with Gasteiger partial charge in [-0.3, -0.25) is 10.1 Å². The van der Waals surface area contributed by atoms with Crippen molar-refractivity contribution in [2.45, 2.75) is 64.4 Å². The van der Waals surface area contributed by atoms with Crippen molar-refractivity contribution in [2.75, 3.05) is 6.61 Å². The second kappa shape index (κ2) is 6.07. The third-order valence-electron chi connectivity index (χ3n) is 4.57. The zero-order valence-corrected chi connectivity index (χ0v) is 13.8. The predicted octanol–water partition coefficient (Wildman–Crippen LogP) is 2.83. The Morgan fingerprint density at radius 2 is 2.33 bits per heavy atom. The molecule has 5 heteroatoms. The number of carbonyl (C=O) groups is 1. The number of amides is 1. The van der Waals surface area contributed by atoms with Crippen molar-refractivity contribution in [1.29, 1.82) is 0 Å². The van der Waals surface area contributed by atoms with Crippen LogP contribution >= 0.6 is 11.3 Å². The Morgan fingerprint density at radius 3 is 2.90 bits per heavy atom. The van der Waals surface area contributed by atoms with Crippen LogP contribution in [0.15, 0.2) is 12.1 Å². The Morgan fingerprint density at radius 1 is 1.52 bits per heavy atom. The number of nitrogens with zero attached hydrogens (tertiary/aromatic N) is 1. The summed E-state index contributed by atoms with van der Waals surface area (Å²) in [5.74, 6) is 0.219. The highest BCUT2D eigenvalue weighted by molar-refractivity contribution is 7.12. The summed E-state index contributed by atoms with van der Waals surface area (Å²) in [6.45, 7) is 7.12. The highest BCUT2D eigenvalue weighted by Crippen LogP contribution is 2.35. The first-order valence-electron chi connectivity index (χ1n) is 7.88. The second-order valence-corrected chi connectivity index (χ2v) is 7.34. The molecular formula is C16H24N2O2S. The lowest BCUT2D eigenvalue weighted by atomic mass is 10.1. The van der Waals surface area contributed by atoms with Gasteiger partial charge in [0.05, 0.1) is 18.2 Å². The quantitative estimate of drug-likeness (QED) is 0.930. The first-order chi connectivity index (χ1) is 10.1. The van der Waals surface area contributed by atoms with E-state index in [1.165, 1.54) is 9.75 Å². The van der Waals surface area contributed by atoms with E-state index in [0.29, 0.717) is 0 Å². The molecule has 4 unspecified atom stereocenters. The first kappa shape index (κ1) is 15.0. The number of aryl methyl sites for hydroxylation is 1. The molecule has 0 aliphatic carbocycles. The molecule has 0 saturated carbocycles. The molecule has 4 nitrogen and oxygen atoms in total. The molecule has 1 aromatic rings. The fraction of sp³-hybridized carbons (Fsp3) is 0.688. The molecule has 2 aliphatic rings. The molecule has 4 atom stereocenters. The maximum absolute atomic E-state index is 12.7. The van der Waals surface area contributed by atoms with Gasteiger partial charge in [0.2, 0.25) is 5.91 Å². The van der Waals surface area contributed by atoms with Gasteiger partial charge in [0, 0.05) is 16.4 Å². The summed E-state index contributed by atoms with van der Waals surface area (Å²) in [6, 6.07) is 4.32. The summed E-state index contributed by atoms with van der Waals surface area (Å²) in [5, 5.41) is 3.51. The minimum absolute atomic E-state index is 0.000324. The number of hydrogen-bond donors (Lipinski definition) is 1. The average molecular weight is 308 g/mol. The van der Waals surface area contributed by atoms with Gasteiger partial charge in [-0.2, -0.15) is 0 Å². The van der Waals surface area contributed by atoms with E-state index < -0.39 is 0 Å². The van der Waals surface area contributed by atoms with Crippen LogP contribution in [0.1, 0.15) is 49.0 Å². The molecule has 21 heavy (non-hydrogen) atoms. The second-order valence-electron chi connectivity index (χ2n) is 6.02. The minimum Gasteiger partial charge on any atom is -0.376 e. The number of hydrogen-bond acceptors (Lipinski definition) is 4. The van der Waals surface area contributed by atoms with Crippen molar-refractivity contribution in [3.63, 3.8) is 0 Å². The van der Waals surface area contributed by atoms with Crippen LogP contribution in [0.4, 0.5) is 0 Å². The molecule has 2 saturated heterocycles. The van der Waals surface area contributed by atoms with Crippen LogP contribution < -0.4 is 5.32 Å². The maximum atomic E-state index is 12.7. The Bertz CT molecular complexity index is 510. The fourth-order valence-electron chi connectivity index (χ4n) is 3.36. The van der Waals surface area contributed by atoms with Crippen LogP contribution in [-0.4, -0.2) is 35.6 Å². The number of rotatable bonds is 4. The van der Waals surface area contributed by atoms with Gasteiger partial charge in [-0.15, -0.1) is 11.3 Å². The molecule has 0 bridgehead atoms. The molecule has 3 rings (SSSR count). The average Bonchev–Trinajstić information content (AvgIpc) is 3.17. The largest absolute Gasteiger partial charge is 0.376 e. The summed E-state index contributed by atoms with van der Waals surface area (Å²) >= 11 is 1.77. The van der Waals surface area contributed by atoms with Crippen LogP contribution in [0.25, 0.3) is 0 Å². The molecule has 1 amide bonds. The molecule has 2 aliphatic heterocycles. The topological polar surface area (TPSA) is 41.6 Å². The Labute approximate surface area is 130 Å².